The molecule has 0 saturated heterocycles. The lowest BCUT2D eigenvalue weighted by Gasteiger charge is -2.22. The van der Waals surface area contributed by atoms with Crippen molar-refractivity contribution in [1.82, 2.24) is 0 Å². The molecule has 29 heavy (non-hydrogen) atoms. The molecule has 3 rings (SSSR count). The maximum Gasteiger partial charge on any atom is 0.0387 e. The van der Waals surface area contributed by atoms with Crippen molar-refractivity contribution in [3.05, 3.63) is 101 Å². The van der Waals surface area contributed by atoms with Crippen LogP contribution >= 0.6 is 0 Å². The first-order valence-electron chi connectivity index (χ1n) is 10.7. The van der Waals surface area contributed by atoms with Crippen molar-refractivity contribution >= 4 is 5.69 Å². The SMILES string of the molecule is C/C=C\C(=C/C)C/C=C\C(=C/CC)Nc1ccc2c(c1)C(C)(C)c1ccccc1-2. The molecule has 1 aliphatic rings. The molecule has 0 unspecified atom stereocenters. The molecule has 1 aliphatic carbocycles. The molecule has 2 aromatic carbocycles. The van der Waals surface area contributed by atoms with Crippen LogP contribution in [0.4, 0.5) is 5.69 Å². The van der Waals surface area contributed by atoms with Crippen LogP contribution in [0.25, 0.3) is 11.1 Å². The summed E-state index contributed by atoms with van der Waals surface area (Å²) in [5.74, 6) is 0. The number of anilines is 1. The average Bonchev–Trinajstić information content (AvgIpc) is 2.95. The molecule has 0 aromatic heterocycles. The maximum atomic E-state index is 3.63. The Bertz CT molecular complexity index is 983. The third kappa shape index (κ3) is 4.45. The molecule has 0 fully saturated rings. The summed E-state index contributed by atoms with van der Waals surface area (Å²) < 4.78 is 0. The second kappa shape index (κ2) is 9.13. The summed E-state index contributed by atoms with van der Waals surface area (Å²) in [6.07, 6.45) is 15.0. The van der Waals surface area contributed by atoms with Gasteiger partial charge in [-0.15, -0.1) is 0 Å². The van der Waals surface area contributed by atoms with E-state index < -0.39 is 0 Å². The fraction of sp³-hybridized carbons (Fsp3) is 0.286. The highest BCUT2D eigenvalue weighted by Gasteiger charge is 2.35. The van der Waals surface area contributed by atoms with Crippen molar-refractivity contribution in [1.29, 1.82) is 0 Å². The smallest absolute Gasteiger partial charge is 0.0387 e. The quantitative estimate of drug-likeness (QED) is 0.475. The Morgan fingerprint density at radius 2 is 1.72 bits per heavy atom. The van der Waals surface area contributed by atoms with Gasteiger partial charge in [0, 0.05) is 16.8 Å². The Morgan fingerprint density at radius 1 is 0.966 bits per heavy atom. The predicted molar refractivity (Wildman–Crippen MR) is 128 cm³/mol. The van der Waals surface area contributed by atoms with E-state index in [0.717, 1.165) is 24.2 Å². The largest absolute Gasteiger partial charge is 0.356 e. The molecule has 1 nitrogen and oxygen atoms in total. The van der Waals surface area contributed by atoms with Crippen molar-refractivity contribution in [2.75, 3.05) is 5.32 Å². The van der Waals surface area contributed by atoms with Crippen LogP contribution < -0.4 is 5.32 Å². The highest BCUT2D eigenvalue weighted by atomic mass is 14.9. The minimum Gasteiger partial charge on any atom is -0.356 e. The first-order chi connectivity index (χ1) is 14.0. The molecule has 0 atom stereocenters. The summed E-state index contributed by atoms with van der Waals surface area (Å²) in [5, 5.41) is 3.63. The molecule has 2 aromatic rings. The molecular weight excluding hydrogens is 350 g/mol. The van der Waals surface area contributed by atoms with Gasteiger partial charge >= 0.3 is 0 Å². The highest BCUT2D eigenvalue weighted by molar-refractivity contribution is 5.82. The van der Waals surface area contributed by atoms with Crippen LogP contribution in [-0.4, -0.2) is 0 Å². The molecule has 0 amide bonds. The first-order valence-corrected chi connectivity index (χ1v) is 10.7. The van der Waals surface area contributed by atoms with Crippen LogP contribution in [0.3, 0.4) is 0 Å². The Kier molecular flexibility index (Phi) is 6.59. The van der Waals surface area contributed by atoms with E-state index >= 15 is 0 Å². The number of hydrogen-bond acceptors (Lipinski definition) is 1. The van der Waals surface area contributed by atoms with Crippen LogP contribution in [0.1, 0.15) is 58.6 Å². The van der Waals surface area contributed by atoms with Crippen molar-refractivity contribution in [2.45, 2.75) is 52.9 Å². The number of rotatable bonds is 7. The lowest BCUT2D eigenvalue weighted by molar-refractivity contribution is 0.660. The Hall–Kier alpha value is -2.80. The van der Waals surface area contributed by atoms with Gasteiger partial charge in [0.15, 0.2) is 0 Å². The van der Waals surface area contributed by atoms with Crippen LogP contribution in [-0.2, 0) is 5.41 Å². The van der Waals surface area contributed by atoms with E-state index in [2.05, 4.69) is 119 Å². The van der Waals surface area contributed by atoms with Crippen molar-refractivity contribution in [3.63, 3.8) is 0 Å². The molecule has 0 bridgehead atoms. The molecule has 0 radical (unpaired) electrons. The second-order valence-electron chi connectivity index (χ2n) is 8.09. The van der Waals surface area contributed by atoms with E-state index in [1.54, 1.807) is 0 Å². The van der Waals surface area contributed by atoms with Gasteiger partial charge in [-0.25, -0.2) is 0 Å². The van der Waals surface area contributed by atoms with Crippen LogP contribution in [0, 0.1) is 0 Å². The second-order valence-corrected chi connectivity index (χ2v) is 8.09. The van der Waals surface area contributed by atoms with E-state index in [0.29, 0.717) is 0 Å². The number of hydrogen-bond donors (Lipinski definition) is 1. The van der Waals surface area contributed by atoms with Gasteiger partial charge in [0.25, 0.3) is 0 Å². The minimum atomic E-state index is 0.0292. The van der Waals surface area contributed by atoms with Gasteiger partial charge in [0.05, 0.1) is 0 Å². The predicted octanol–water partition coefficient (Wildman–Crippen LogP) is 8.17. The van der Waals surface area contributed by atoms with Gasteiger partial charge < -0.3 is 5.32 Å². The summed E-state index contributed by atoms with van der Waals surface area (Å²) in [4.78, 5) is 0. The zero-order valence-electron chi connectivity index (χ0n) is 18.4. The lowest BCUT2D eigenvalue weighted by atomic mass is 9.82. The van der Waals surface area contributed by atoms with Crippen LogP contribution in [0.15, 0.2) is 90.2 Å². The number of allylic oxidation sites excluding steroid dienone is 7. The monoisotopic (exact) mass is 383 g/mol. The number of fused-ring (bicyclic) bond motifs is 3. The molecule has 0 aliphatic heterocycles. The van der Waals surface area contributed by atoms with Gasteiger partial charge in [0.2, 0.25) is 0 Å². The Labute approximate surface area is 176 Å². The standard InChI is InChI=1S/C28H33N/c1-6-12-21(8-3)14-11-15-22(13-7-2)29-23-18-19-25-24-16-9-10-17-26(24)28(4,5)27(25)20-23/h6,8-13,15-20,29H,7,14H2,1-5H3/b12-6-,15-11-,21-8+,22-13+. The zero-order valence-corrected chi connectivity index (χ0v) is 18.4. The molecule has 150 valence electrons. The average molecular weight is 384 g/mol. The number of benzene rings is 2. The van der Waals surface area contributed by atoms with Crippen LogP contribution in [0.5, 0.6) is 0 Å². The molecule has 1 N–H and O–H groups in total. The Morgan fingerprint density at radius 3 is 2.45 bits per heavy atom. The zero-order chi connectivity index (χ0) is 20.9. The van der Waals surface area contributed by atoms with Crippen molar-refractivity contribution in [3.8, 4) is 11.1 Å². The molecule has 0 spiro atoms. The summed E-state index contributed by atoms with van der Waals surface area (Å²) in [5.41, 5.74) is 9.19. The normalized spacial score (nSPS) is 15.8. The molecule has 1 heteroatoms. The van der Waals surface area contributed by atoms with Crippen molar-refractivity contribution in [2.24, 2.45) is 0 Å². The van der Waals surface area contributed by atoms with Gasteiger partial charge in [-0.05, 0) is 72.7 Å². The highest BCUT2D eigenvalue weighted by Crippen LogP contribution is 2.49. The summed E-state index contributed by atoms with van der Waals surface area (Å²) >= 11 is 0. The summed E-state index contributed by atoms with van der Waals surface area (Å²) in [7, 11) is 0. The summed E-state index contributed by atoms with van der Waals surface area (Å²) in [6, 6.07) is 15.6. The molecular formula is C28H33N. The van der Waals surface area contributed by atoms with Crippen LogP contribution in [0.2, 0.25) is 0 Å². The third-order valence-corrected chi connectivity index (χ3v) is 5.70. The van der Waals surface area contributed by atoms with E-state index in [9.17, 15) is 0 Å². The lowest BCUT2D eigenvalue weighted by Crippen LogP contribution is -2.15. The minimum absolute atomic E-state index is 0.0292. The first kappa shape index (κ1) is 20.9. The van der Waals surface area contributed by atoms with Crippen molar-refractivity contribution < 1.29 is 0 Å². The van der Waals surface area contributed by atoms with E-state index in [4.69, 9.17) is 0 Å². The fourth-order valence-corrected chi connectivity index (χ4v) is 4.15. The molecule has 0 saturated carbocycles. The maximum absolute atomic E-state index is 3.63. The van der Waals surface area contributed by atoms with Gasteiger partial charge in [0.1, 0.15) is 0 Å². The van der Waals surface area contributed by atoms with E-state index in [-0.39, 0.29) is 5.41 Å². The third-order valence-electron chi connectivity index (χ3n) is 5.70. The van der Waals surface area contributed by atoms with Gasteiger partial charge in [-0.2, -0.15) is 0 Å². The Balaban J connectivity index is 1.83. The van der Waals surface area contributed by atoms with Gasteiger partial charge in [-0.3, -0.25) is 0 Å². The number of nitrogens with one attached hydrogen (secondary N) is 1. The van der Waals surface area contributed by atoms with Gasteiger partial charge in [-0.1, -0.05) is 81.5 Å². The van der Waals surface area contributed by atoms with E-state index in [1.807, 2.05) is 0 Å². The fourth-order valence-electron chi connectivity index (χ4n) is 4.15. The summed E-state index contributed by atoms with van der Waals surface area (Å²) in [6.45, 7) is 11.0. The topological polar surface area (TPSA) is 12.0 Å². The molecule has 0 heterocycles. The van der Waals surface area contributed by atoms with E-state index in [1.165, 1.54) is 27.8 Å².